The van der Waals surface area contributed by atoms with Crippen LogP contribution in [0.4, 0.5) is 0 Å². The van der Waals surface area contributed by atoms with Crippen LogP contribution < -0.4 is 11.2 Å². The number of aromatic amines is 1. The van der Waals surface area contributed by atoms with Gasteiger partial charge in [-0.15, -0.1) is 10.2 Å². The summed E-state index contributed by atoms with van der Waals surface area (Å²) in [6, 6.07) is 15.6. The first kappa shape index (κ1) is 24.5. The number of H-pyrrole nitrogens is 1. The van der Waals surface area contributed by atoms with E-state index in [1.807, 2.05) is 19.1 Å². The van der Waals surface area contributed by atoms with Gasteiger partial charge in [0.1, 0.15) is 5.03 Å². The fourth-order valence-electron chi connectivity index (χ4n) is 4.55. The standard InChI is InChI=1S/C28H24N4O4S/c1-3-17-5-9-21-19(13-17)7-6-18-12-16(2)4-8-20(18)26(21)22-14-32(28(36)29-27(22)35)23-10-11-24(31-30-23)37-15-25(33)34/h4-14,26H,3,15H2,1-2H3,(H,33,34)(H,29,35,36). The summed E-state index contributed by atoms with van der Waals surface area (Å²) in [6.07, 6.45) is 6.58. The van der Waals surface area contributed by atoms with Crippen LogP contribution >= 0.6 is 11.8 Å². The van der Waals surface area contributed by atoms with Crippen LogP contribution in [0, 0.1) is 6.92 Å². The number of carbonyl (C=O) groups is 1. The Morgan fingerprint density at radius 3 is 2.41 bits per heavy atom. The molecule has 0 radical (unpaired) electrons. The van der Waals surface area contributed by atoms with Crippen LogP contribution in [0.2, 0.25) is 0 Å². The quantitative estimate of drug-likeness (QED) is 0.330. The molecule has 0 saturated heterocycles. The smallest absolute Gasteiger partial charge is 0.334 e. The minimum atomic E-state index is -0.961. The summed E-state index contributed by atoms with van der Waals surface area (Å²) in [6.45, 7) is 4.13. The lowest BCUT2D eigenvalue weighted by molar-refractivity contribution is -0.133. The lowest BCUT2D eigenvalue weighted by Crippen LogP contribution is -2.33. The molecule has 1 unspecified atom stereocenters. The van der Waals surface area contributed by atoms with Crippen LogP contribution in [0.25, 0.3) is 18.0 Å². The summed E-state index contributed by atoms with van der Waals surface area (Å²) in [5, 5.41) is 17.4. The van der Waals surface area contributed by atoms with Crippen LogP contribution in [0.5, 0.6) is 0 Å². The maximum atomic E-state index is 13.3. The number of benzene rings is 2. The van der Waals surface area contributed by atoms with Gasteiger partial charge in [-0.2, -0.15) is 0 Å². The van der Waals surface area contributed by atoms with E-state index in [0.29, 0.717) is 10.6 Å². The molecule has 2 N–H and O–H groups in total. The zero-order valence-electron chi connectivity index (χ0n) is 20.3. The number of aromatic nitrogens is 4. The van der Waals surface area contributed by atoms with Crippen molar-refractivity contribution >= 4 is 29.9 Å². The largest absolute Gasteiger partial charge is 0.481 e. The van der Waals surface area contributed by atoms with Gasteiger partial charge >= 0.3 is 11.7 Å². The lowest BCUT2D eigenvalue weighted by Gasteiger charge is -2.21. The summed E-state index contributed by atoms with van der Waals surface area (Å²) in [4.78, 5) is 39.4. The van der Waals surface area contributed by atoms with Crippen molar-refractivity contribution in [2.75, 3.05) is 5.75 Å². The average molecular weight is 513 g/mol. The summed E-state index contributed by atoms with van der Waals surface area (Å²) in [7, 11) is 0. The first-order chi connectivity index (χ1) is 17.8. The Balaban J connectivity index is 1.67. The van der Waals surface area contributed by atoms with Crippen molar-refractivity contribution in [2.45, 2.75) is 31.2 Å². The molecule has 186 valence electrons. The number of thioether (sulfide) groups is 1. The van der Waals surface area contributed by atoms with Gasteiger partial charge in [0.05, 0.1) is 5.75 Å². The predicted octanol–water partition coefficient (Wildman–Crippen LogP) is 4.03. The maximum absolute atomic E-state index is 13.3. The number of hydrogen-bond donors (Lipinski definition) is 2. The highest BCUT2D eigenvalue weighted by Gasteiger charge is 2.27. The third-order valence-corrected chi connectivity index (χ3v) is 7.27. The molecule has 0 aliphatic heterocycles. The molecule has 37 heavy (non-hydrogen) atoms. The molecular weight excluding hydrogens is 488 g/mol. The van der Waals surface area contributed by atoms with Crippen molar-refractivity contribution in [3.8, 4) is 5.82 Å². The van der Waals surface area contributed by atoms with Gasteiger partial charge in [-0.05, 0) is 53.3 Å². The molecule has 5 rings (SSSR count). The van der Waals surface area contributed by atoms with Gasteiger partial charge in [-0.25, -0.2) is 4.79 Å². The van der Waals surface area contributed by atoms with E-state index in [1.165, 1.54) is 16.3 Å². The van der Waals surface area contributed by atoms with Gasteiger partial charge in [-0.3, -0.25) is 19.1 Å². The highest BCUT2D eigenvalue weighted by molar-refractivity contribution is 7.99. The summed E-state index contributed by atoms with van der Waals surface area (Å²) < 4.78 is 1.27. The highest BCUT2D eigenvalue weighted by atomic mass is 32.2. The van der Waals surface area contributed by atoms with Gasteiger partial charge in [0, 0.05) is 17.7 Å². The minimum absolute atomic E-state index is 0.148. The van der Waals surface area contributed by atoms with E-state index < -0.39 is 23.1 Å². The number of rotatable bonds is 6. The number of carboxylic acid groups (broad SMARTS) is 1. The van der Waals surface area contributed by atoms with E-state index in [9.17, 15) is 14.4 Å². The average Bonchev–Trinajstić information content (AvgIpc) is 3.04. The van der Waals surface area contributed by atoms with Crippen molar-refractivity contribution in [1.29, 1.82) is 0 Å². The van der Waals surface area contributed by atoms with Crippen molar-refractivity contribution in [3.63, 3.8) is 0 Å². The number of hydrogen-bond acceptors (Lipinski definition) is 6. The molecule has 0 spiro atoms. The Bertz CT molecular complexity index is 1650. The molecular formula is C28H24N4O4S. The number of fused-ring (bicyclic) bond motifs is 2. The second-order valence-electron chi connectivity index (χ2n) is 8.84. The Hall–Kier alpha value is -4.24. The van der Waals surface area contributed by atoms with Crippen molar-refractivity contribution in [2.24, 2.45) is 0 Å². The molecule has 2 aromatic carbocycles. The number of carboxylic acids is 1. The molecule has 0 amide bonds. The van der Waals surface area contributed by atoms with E-state index in [1.54, 1.807) is 12.1 Å². The van der Waals surface area contributed by atoms with E-state index in [0.717, 1.165) is 46.0 Å². The third-order valence-electron chi connectivity index (χ3n) is 6.36. The van der Waals surface area contributed by atoms with Crippen LogP contribution in [-0.4, -0.2) is 36.6 Å². The number of aliphatic carboxylic acids is 1. The molecule has 9 heteroatoms. The first-order valence-corrected chi connectivity index (χ1v) is 12.8. The molecule has 0 fully saturated rings. The first-order valence-electron chi connectivity index (χ1n) is 11.8. The van der Waals surface area contributed by atoms with Crippen LogP contribution in [0.3, 0.4) is 0 Å². The van der Waals surface area contributed by atoms with Gasteiger partial charge in [0.15, 0.2) is 5.82 Å². The molecule has 2 heterocycles. The van der Waals surface area contributed by atoms with E-state index >= 15 is 0 Å². The summed E-state index contributed by atoms with van der Waals surface area (Å²) in [5.74, 6) is -1.30. The summed E-state index contributed by atoms with van der Waals surface area (Å²) in [5.41, 5.74) is 5.58. The topological polar surface area (TPSA) is 118 Å². The molecule has 0 saturated carbocycles. The van der Waals surface area contributed by atoms with E-state index in [4.69, 9.17) is 5.11 Å². The Morgan fingerprint density at radius 1 is 1.00 bits per heavy atom. The van der Waals surface area contributed by atoms with Gasteiger partial charge in [0.2, 0.25) is 0 Å². The normalized spacial score (nSPS) is 14.1. The Morgan fingerprint density at radius 2 is 1.73 bits per heavy atom. The van der Waals surface area contributed by atoms with Crippen LogP contribution in [-0.2, 0) is 11.2 Å². The zero-order valence-corrected chi connectivity index (χ0v) is 21.1. The van der Waals surface area contributed by atoms with Crippen molar-refractivity contribution in [1.82, 2.24) is 19.7 Å². The maximum Gasteiger partial charge on any atom is 0.334 e. The fourth-order valence-corrected chi connectivity index (χ4v) is 5.08. The third kappa shape index (κ3) is 4.90. The summed E-state index contributed by atoms with van der Waals surface area (Å²) >= 11 is 1.03. The van der Waals surface area contributed by atoms with E-state index in [-0.39, 0.29) is 11.6 Å². The Kier molecular flexibility index (Phi) is 6.62. The highest BCUT2D eigenvalue weighted by Crippen LogP contribution is 2.38. The second kappa shape index (κ2) is 10.0. The molecule has 1 aliphatic carbocycles. The molecule has 4 aromatic rings. The molecule has 0 bridgehead atoms. The molecule has 2 aromatic heterocycles. The monoisotopic (exact) mass is 512 g/mol. The molecule has 1 atom stereocenters. The lowest BCUT2D eigenvalue weighted by atomic mass is 9.82. The number of aryl methyl sites for hydroxylation is 2. The predicted molar refractivity (Wildman–Crippen MR) is 143 cm³/mol. The van der Waals surface area contributed by atoms with Crippen LogP contribution in [0.15, 0.2) is 69.3 Å². The van der Waals surface area contributed by atoms with Gasteiger partial charge in [-0.1, -0.05) is 72.8 Å². The molecule has 8 nitrogen and oxygen atoms in total. The van der Waals surface area contributed by atoms with Crippen molar-refractivity contribution in [3.05, 3.63) is 115 Å². The van der Waals surface area contributed by atoms with Crippen molar-refractivity contribution < 1.29 is 9.90 Å². The Labute approximate surface area is 216 Å². The minimum Gasteiger partial charge on any atom is -0.481 e. The van der Waals surface area contributed by atoms with Gasteiger partial charge in [0.25, 0.3) is 5.56 Å². The van der Waals surface area contributed by atoms with Gasteiger partial charge < -0.3 is 5.11 Å². The fraction of sp³-hybridized carbons (Fsp3) is 0.179. The number of nitrogens with zero attached hydrogens (tertiary/aromatic N) is 3. The SMILES string of the molecule is CCc1ccc2c(c1)C=Cc1cc(C)ccc1C2c1cn(-c2ccc(SCC(=O)O)nn2)c(=O)[nH]c1=O. The molecule has 1 aliphatic rings. The number of nitrogens with one attached hydrogen (secondary N) is 1. The zero-order chi connectivity index (χ0) is 26.1. The second-order valence-corrected chi connectivity index (χ2v) is 9.84. The van der Waals surface area contributed by atoms with E-state index in [2.05, 4.69) is 58.5 Å². The van der Waals surface area contributed by atoms with Crippen LogP contribution in [0.1, 0.15) is 51.8 Å².